The lowest BCUT2D eigenvalue weighted by atomic mass is 10.2. The van der Waals surface area contributed by atoms with Gasteiger partial charge in [0, 0.05) is 19.6 Å². The van der Waals surface area contributed by atoms with E-state index in [9.17, 15) is 4.79 Å². The molecule has 1 aliphatic rings. The van der Waals surface area contributed by atoms with E-state index in [1.165, 1.54) is 11.3 Å². The van der Waals surface area contributed by atoms with Crippen molar-refractivity contribution in [3.63, 3.8) is 0 Å². The molecule has 112 valence electrons. The van der Waals surface area contributed by atoms with E-state index >= 15 is 0 Å². The average molecular weight is 372 g/mol. The second-order valence-electron chi connectivity index (χ2n) is 4.70. The van der Waals surface area contributed by atoms with Gasteiger partial charge in [-0.1, -0.05) is 0 Å². The molecule has 3 rings (SSSR count). The van der Waals surface area contributed by atoms with Crippen LogP contribution in [0.2, 0.25) is 0 Å². The first-order valence-electron chi connectivity index (χ1n) is 6.45. The maximum absolute atomic E-state index is 11.5. The fourth-order valence-corrected chi connectivity index (χ4v) is 3.54. The van der Waals surface area contributed by atoms with E-state index in [-0.39, 0.29) is 11.9 Å². The maximum Gasteiger partial charge on any atom is 0.257 e. The minimum absolute atomic E-state index is 0.343. The Balaban J connectivity index is 1.73. The van der Waals surface area contributed by atoms with Crippen LogP contribution >= 0.6 is 27.3 Å². The van der Waals surface area contributed by atoms with Crippen molar-refractivity contribution in [1.29, 1.82) is 0 Å². The van der Waals surface area contributed by atoms with Gasteiger partial charge < -0.3 is 15.5 Å². The largest absolute Gasteiger partial charge is 0.419 e. The molecule has 9 heteroatoms. The summed E-state index contributed by atoms with van der Waals surface area (Å²) in [6.07, 6.45) is 0. The van der Waals surface area contributed by atoms with E-state index < -0.39 is 0 Å². The Morgan fingerprint density at radius 1 is 1.57 bits per heavy atom. The zero-order chi connectivity index (χ0) is 14.8. The predicted octanol–water partition coefficient (Wildman–Crippen LogP) is 0.820. The molecule has 1 fully saturated rings. The highest BCUT2D eigenvalue weighted by Gasteiger charge is 2.28. The smallest absolute Gasteiger partial charge is 0.257 e. The quantitative estimate of drug-likeness (QED) is 0.825. The van der Waals surface area contributed by atoms with Crippen LogP contribution in [0.25, 0.3) is 10.8 Å². The first kappa shape index (κ1) is 14.6. The Morgan fingerprint density at radius 2 is 2.43 bits per heavy atom. The molecule has 3 N–H and O–H groups in total. The molecule has 0 aromatic carbocycles. The van der Waals surface area contributed by atoms with Crippen LogP contribution in [0.15, 0.2) is 20.3 Å². The summed E-state index contributed by atoms with van der Waals surface area (Å²) in [5.74, 6) is 0.637. The first-order chi connectivity index (χ1) is 10.1. The van der Waals surface area contributed by atoms with Crippen molar-refractivity contribution in [3.05, 3.63) is 21.8 Å². The standard InChI is InChI=1S/C12H14BrN5O2S/c13-9-2-1-8(21-9)12-17-16-10(20-12)6-18-4-3-15-5-7(18)11(14)19/h1-2,7,15H,3-6H2,(H2,14,19). The van der Waals surface area contributed by atoms with Gasteiger partial charge in [0.2, 0.25) is 11.8 Å². The molecule has 0 radical (unpaired) electrons. The molecule has 1 unspecified atom stereocenters. The number of hydrogen-bond acceptors (Lipinski definition) is 7. The monoisotopic (exact) mass is 371 g/mol. The lowest BCUT2D eigenvalue weighted by Gasteiger charge is -2.32. The van der Waals surface area contributed by atoms with Gasteiger partial charge in [0.05, 0.1) is 15.2 Å². The van der Waals surface area contributed by atoms with E-state index in [2.05, 4.69) is 31.4 Å². The Morgan fingerprint density at radius 3 is 3.14 bits per heavy atom. The number of aromatic nitrogens is 2. The predicted molar refractivity (Wildman–Crippen MR) is 81.6 cm³/mol. The number of amides is 1. The highest BCUT2D eigenvalue weighted by molar-refractivity contribution is 9.11. The van der Waals surface area contributed by atoms with Crippen LogP contribution in [0.4, 0.5) is 0 Å². The zero-order valence-corrected chi connectivity index (χ0v) is 13.5. The van der Waals surface area contributed by atoms with Crippen molar-refractivity contribution < 1.29 is 9.21 Å². The van der Waals surface area contributed by atoms with Crippen molar-refractivity contribution in [2.45, 2.75) is 12.6 Å². The Labute approximate surface area is 133 Å². The van der Waals surface area contributed by atoms with Crippen molar-refractivity contribution in [2.75, 3.05) is 19.6 Å². The zero-order valence-electron chi connectivity index (χ0n) is 11.1. The third-order valence-electron chi connectivity index (χ3n) is 3.27. The van der Waals surface area contributed by atoms with Crippen LogP contribution in [-0.4, -0.2) is 46.7 Å². The highest BCUT2D eigenvalue weighted by Crippen LogP contribution is 2.30. The van der Waals surface area contributed by atoms with Crippen LogP contribution < -0.4 is 11.1 Å². The van der Waals surface area contributed by atoms with E-state index in [0.29, 0.717) is 24.9 Å². The molecule has 2 aromatic heterocycles. The summed E-state index contributed by atoms with van der Waals surface area (Å²) in [6, 6.07) is 3.51. The van der Waals surface area contributed by atoms with Gasteiger partial charge in [-0.25, -0.2) is 0 Å². The van der Waals surface area contributed by atoms with Crippen LogP contribution in [-0.2, 0) is 11.3 Å². The lowest BCUT2D eigenvalue weighted by Crippen LogP contribution is -2.56. The summed E-state index contributed by atoms with van der Waals surface area (Å²) in [4.78, 5) is 14.3. The Bertz CT molecular complexity index is 643. The fourth-order valence-electron chi connectivity index (χ4n) is 2.24. The van der Waals surface area contributed by atoms with Gasteiger partial charge in [-0.15, -0.1) is 21.5 Å². The first-order valence-corrected chi connectivity index (χ1v) is 8.06. The number of hydrogen-bond donors (Lipinski definition) is 2. The van der Waals surface area contributed by atoms with Gasteiger partial charge in [-0.2, -0.15) is 0 Å². The molecule has 1 saturated heterocycles. The number of thiophene rings is 1. The summed E-state index contributed by atoms with van der Waals surface area (Å²) in [7, 11) is 0. The summed E-state index contributed by atoms with van der Waals surface area (Å²) >= 11 is 4.93. The topological polar surface area (TPSA) is 97.3 Å². The molecule has 0 aliphatic carbocycles. The van der Waals surface area contributed by atoms with Crippen molar-refractivity contribution in [3.8, 4) is 10.8 Å². The van der Waals surface area contributed by atoms with Gasteiger partial charge in [0.1, 0.15) is 6.04 Å². The minimum atomic E-state index is -0.343. The third kappa shape index (κ3) is 3.31. The average Bonchev–Trinajstić information content (AvgIpc) is 3.08. The number of piperazine rings is 1. The SMILES string of the molecule is NC(=O)C1CNCCN1Cc1nnc(-c2ccc(Br)s2)o1. The Hall–Kier alpha value is -1.29. The number of nitrogens with one attached hydrogen (secondary N) is 1. The molecule has 0 bridgehead atoms. The Kier molecular flexibility index (Phi) is 4.34. The molecule has 1 amide bonds. The van der Waals surface area contributed by atoms with Crippen LogP contribution in [0.1, 0.15) is 5.89 Å². The van der Waals surface area contributed by atoms with Crippen LogP contribution in [0.3, 0.4) is 0 Å². The van der Waals surface area contributed by atoms with Gasteiger partial charge >= 0.3 is 0 Å². The van der Waals surface area contributed by atoms with E-state index in [0.717, 1.165) is 21.8 Å². The highest BCUT2D eigenvalue weighted by atomic mass is 79.9. The molecule has 1 atom stereocenters. The molecular weight excluding hydrogens is 358 g/mol. The molecule has 0 saturated carbocycles. The summed E-state index contributed by atoms with van der Waals surface area (Å²) in [5.41, 5.74) is 5.42. The summed E-state index contributed by atoms with van der Waals surface area (Å²) < 4.78 is 6.67. The van der Waals surface area contributed by atoms with Gasteiger partial charge in [-0.05, 0) is 28.1 Å². The maximum atomic E-state index is 11.5. The second kappa shape index (κ2) is 6.22. The number of halogens is 1. The number of nitrogens with zero attached hydrogens (tertiary/aromatic N) is 3. The lowest BCUT2D eigenvalue weighted by molar-refractivity contribution is -0.124. The van der Waals surface area contributed by atoms with Gasteiger partial charge in [-0.3, -0.25) is 9.69 Å². The summed E-state index contributed by atoms with van der Waals surface area (Å²) in [5, 5.41) is 11.3. The molecule has 7 nitrogen and oxygen atoms in total. The number of nitrogens with two attached hydrogens (primary N) is 1. The molecular formula is C12H14BrN5O2S. The van der Waals surface area contributed by atoms with Crippen molar-refractivity contribution in [1.82, 2.24) is 20.4 Å². The van der Waals surface area contributed by atoms with Crippen LogP contribution in [0.5, 0.6) is 0 Å². The van der Waals surface area contributed by atoms with Crippen molar-refractivity contribution in [2.24, 2.45) is 5.73 Å². The van der Waals surface area contributed by atoms with E-state index in [1.54, 1.807) is 0 Å². The third-order valence-corrected chi connectivity index (χ3v) is 4.88. The number of primary amides is 1. The molecule has 2 aromatic rings. The van der Waals surface area contributed by atoms with Crippen molar-refractivity contribution >= 4 is 33.2 Å². The molecule has 21 heavy (non-hydrogen) atoms. The summed E-state index contributed by atoms with van der Waals surface area (Å²) in [6.45, 7) is 2.50. The van der Waals surface area contributed by atoms with Gasteiger partial charge in [0.25, 0.3) is 5.89 Å². The number of carbonyl (C=O) groups is 1. The van der Waals surface area contributed by atoms with E-state index in [1.807, 2.05) is 17.0 Å². The van der Waals surface area contributed by atoms with Crippen LogP contribution in [0, 0.1) is 0 Å². The molecule has 1 aliphatic heterocycles. The molecule has 3 heterocycles. The van der Waals surface area contributed by atoms with E-state index in [4.69, 9.17) is 10.2 Å². The minimum Gasteiger partial charge on any atom is -0.419 e. The number of carbonyl (C=O) groups excluding carboxylic acids is 1. The second-order valence-corrected chi connectivity index (χ2v) is 7.16. The van der Waals surface area contributed by atoms with Gasteiger partial charge in [0.15, 0.2) is 0 Å². The fraction of sp³-hybridized carbons (Fsp3) is 0.417. The molecule has 0 spiro atoms. The number of rotatable bonds is 4. The normalized spacial score (nSPS) is 19.8.